The second-order valence-electron chi connectivity index (χ2n) is 8.27. The molecule has 174 valence electrons. The van der Waals surface area contributed by atoms with E-state index >= 15 is 0 Å². The van der Waals surface area contributed by atoms with Crippen LogP contribution in [0.5, 0.6) is 11.5 Å². The summed E-state index contributed by atoms with van der Waals surface area (Å²) in [5, 5.41) is 16.6. The van der Waals surface area contributed by atoms with Crippen molar-refractivity contribution in [3.8, 4) is 11.5 Å². The molecule has 2 amide bonds. The van der Waals surface area contributed by atoms with Crippen LogP contribution in [-0.4, -0.2) is 46.1 Å². The Morgan fingerprint density at radius 3 is 2.73 bits per heavy atom. The number of nitrogens with zero attached hydrogens (tertiary/aromatic N) is 2. The second-order valence-corrected chi connectivity index (χ2v) is 9.39. The van der Waals surface area contributed by atoms with Crippen LogP contribution in [-0.2, 0) is 11.2 Å². The van der Waals surface area contributed by atoms with E-state index in [0.717, 1.165) is 40.9 Å². The highest BCUT2D eigenvalue weighted by atomic mass is 32.1. The van der Waals surface area contributed by atoms with Gasteiger partial charge in [-0.3, -0.25) is 14.6 Å². The number of nitrogens with one attached hydrogen (secondary N) is 2. The fourth-order valence-corrected chi connectivity index (χ4v) is 5.08. The van der Waals surface area contributed by atoms with Gasteiger partial charge >= 0.3 is 0 Å². The zero-order chi connectivity index (χ0) is 23.2. The number of amides is 2. The van der Waals surface area contributed by atoms with Crippen molar-refractivity contribution < 1.29 is 19.4 Å². The number of rotatable bonds is 8. The van der Waals surface area contributed by atoms with Crippen LogP contribution in [0.4, 0.5) is 0 Å². The smallest absolute Gasteiger partial charge is 0.270 e. The molecule has 4 rings (SSSR count). The molecule has 0 bridgehead atoms. The maximum Gasteiger partial charge on any atom is 0.270 e. The highest BCUT2D eigenvalue weighted by Crippen LogP contribution is 2.33. The number of pyridine rings is 1. The summed E-state index contributed by atoms with van der Waals surface area (Å²) in [6, 6.07) is 9.01. The predicted octanol–water partition coefficient (Wildman–Crippen LogP) is 3.44. The Hall–Kier alpha value is -3.04. The SMILES string of the molecule is CC(=O)NCCNC(=O)c1cc(Oc2ccc3nc(C[C@@H]4CCCC[C@H]4O)sc3c2)ccn1. The molecule has 1 saturated carbocycles. The molecule has 2 aromatic heterocycles. The number of thiazole rings is 1. The van der Waals surface area contributed by atoms with Gasteiger partial charge in [0.25, 0.3) is 5.91 Å². The number of hydrogen-bond acceptors (Lipinski definition) is 7. The summed E-state index contributed by atoms with van der Waals surface area (Å²) in [4.78, 5) is 32.0. The summed E-state index contributed by atoms with van der Waals surface area (Å²) in [6.45, 7) is 2.09. The van der Waals surface area contributed by atoms with Gasteiger partial charge in [0.1, 0.15) is 17.2 Å². The van der Waals surface area contributed by atoms with Crippen LogP contribution in [0.25, 0.3) is 10.2 Å². The lowest BCUT2D eigenvalue weighted by Crippen LogP contribution is -2.33. The second kappa shape index (κ2) is 10.7. The molecule has 8 nitrogen and oxygen atoms in total. The van der Waals surface area contributed by atoms with Crippen molar-refractivity contribution in [2.75, 3.05) is 13.1 Å². The Bertz CT molecular complexity index is 1130. The van der Waals surface area contributed by atoms with E-state index in [9.17, 15) is 14.7 Å². The van der Waals surface area contributed by atoms with Crippen molar-refractivity contribution in [1.82, 2.24) is 20.6 Å². The van der Waals surface area contributed by atoms with Crippen LogP contribution >= 0.6 is 11.3 Å². The molecule has 0 radical (unpaired) electrons. The van der Waals surface area contributed by atoms with Crippen molar-refractivity contribution >= 4 is 33.4 Å². The molecule has 0 saturated heterocycles. The van der Waals surface area contributed by atoms with E-state index in [1.54, 1.807) is 23.5 Å². The number of aromatic nitrogens is 2. The number of aliphatic hydroxyl groups is 1. The standard InChI is InChI=1S/C24H28N4O4S/c1-15(29)25-10-11-27-24(31)20-13-18(8-9-26-20)32-17-6-7-19-22(14-17)33-23(28-19)12-16-4-2-3-5-21(16)30/h6-9,13-14,16,21,30H,2-5,10-12H2,1H3,(H,25,29)(H,27,31)/t16-,21+/m0/s1. The molecule has 2 heterocycles. The van der Waals surface area contributed by atoms with Gasteiger partial charge < -0.3 is 20.5 Å². The number of benzene rings is 1. The average molecular weight is 469 g/mol. The molecular formula is C24H28N4O4S. The summed E-state index contributed by atoms with van der Waals surface area (Å²) in [5.41, 5.74) is 1.16. The van der Waals surface area contributed by atoms with Gasteiger partial charge in [-0.25, -0.2) is 4.98 Å². The van der Waals surface area contributed by atoms with Gasteiger partial charge in [0.2, 0.25) is 5.91 Å². The van der Waals surface area contributed by atoms with Gasteiger partial charge in [0.05, 0.1) is 21.3 Å². The third-order valence-corrected chi connectivity index (χ3v) is 6.73. The molecule has 0 spiro atoms. The first-order chi connectivity index (χ1) is 16.0. The van der Waals surface area contributed by atoms with Gasteiger partial charge in [-0.2, -0.15) is 0 Å². The van der Waals surface area contributed by atoms with Crippen LogP contribution in [0.2, 0.25) is 0 Å². The van der Waals surface area contributed by atoms with E-state index in [-0.39, 0.29) is 29.5 Å². The Balaban J connectivity index is 1.39. The van der Waals surface area contributed by atoms with Crippen molar-refractivity contribution in [2.24, 2.45) is 5.92 Å². The minimum absolute atomic E-state index is 0.144. The van der Waals surface area contributed by atoms with Gasteiger partial charge in [0, 0.05) is 44.8 Å². The first kappa shape index (κ1) is 23.1. The Labute approximate surface area is 196 Å². The lowest BCUT2D eigenvalue weighted by atomic mass is 9.84. The summed E-state index contributed by atoms with van der Waals surface area (Å²) < 4.78 is 7.00. The number of carbonyl (C=O) groups excluding carboxylic acids is 2. The molecule has 3 aromatic rings. The largest absolute Gasteiger partial charge is 0.457 e. The highest BCUT2D eigenvalue weighted by molar-refractivity contribution is 7.18. The van der Waals surface area contributed by atoms with E-state index in [1.165, 1.54) is 19.5 Å². The molecule has 1 fully saturated rings. The molecule has 3 N–H and O–H groups in total. The maximum atomic E-state index is 12.3. The maximum absolute atomic E-state index is 12.3. The summed E-state index contributed by atoms with van der Waals surface area (Å²) >= 11 is 1.63. The van der Waals surface area contributed by atoms with Crippen LogP contribution in [0.1, 0.15) is 48.1 Å². The summed E-state index contributed by atoms with van der Waals surface area (Å²) in [5.74, 6) is 0.965. The normalized spacial score (nSPS) is 18.1. The van der Waals surface area contributed by atoms with Gasteiger partial charge in [-0.15, -0.1) is 11.3 Å². The zero-order valence-corrected chi connectivity index (χ0v) is 19.4. The molecular weight excluding hydrogens is 440 g/mol. The zero-order valence-electron chi connectivity index (χ0n) is 18.5. The van der Waals surface area contributed by atoms with Crippen LogP contribution < -0.4 is 15.4 Å². The lowest BCUT2D eigenvalue weighted by molar-refractivity contribution is -0.118. The van der Waals surface area contributed by atoms with E-state index < -0.39 is 0 Å². The van der Waals surface area contributed by atoms with E-state index in [2.05, 4.69) is 15.6 Å². The average Bonchev–Trinajstić information content (AvgIpc) is 3.20. The fourth-order valence-electron chi connectivity index (χ4n) is 3.99. The van der Waals surface area contributed by atoms with E-state index in [4.69, 9.17) is 9.72 Å². The number of aliphatic hydroxyl groups excluding tert-OH is 1. The van der Waals surface area contributed by atoms with Crippen molar-refractivity contribution in [2.45, 2.75) is 45.1 Å². The van der Waals surface area contributed by atoms with Crippen molar-refractivity contribution in [1.29, 1.82) is 0 Å². The Morgan fingerprint density at radius 2 is 1.91 bits per heavy atom. The molecule has 0 aliphatic heterocycles. The minimum Gasteiger partial charge on any atom is -0.457 e. The monoisotopic (exact) mass is 468 g/mol. The first-order valence-electron chi connectivity index (χ1n) is 11.2. The molecule has 1 aliphatic carbocycles. The first-order valence-corrected chi connectivity index (χ1v) is 12.0. The number of carbonyl (C=O) groups is 2. The van der Waals surface area contributed by atoms with Crippen LogP contribution in [0.15, 0.2) is 36.5 Å². The topological polar surface area (TPSA) is 113 Å². The summed E-state index contributed by atoms with van der Waals surface area (Å²) in [7, 11) is 0. The predicted molar refractivity (Wildman–Crippen MR) is 127 cm³/mol. The lowest BCUT2D eigenvalue weighted by Gasteiger charge is -2.26. The van der Waals surface area contributed by atoms with Gasteiger partial charge in [0.15, 0.2) is 0 Å². The highest BCUT2D eigenvalue weighted by Gasteiger charge is 2.24. The number of fused-ring (bicyclic) bond motifs is 1. The van der Waals surface area contributed by atoms with Crippen LogP contribution in [0.3, 0.4) is 0 Å². The van der Waals surface area contributed by atoms with E-state index in [0.29, 0.717) is 24.6 Å². The van der Waals surface area contributed by atoms with Gasteiger partial charge in [-0.1, -0.05) is 12.8 Å². The van der Waals surface area contributed by atoms with Crippen LogP contribution in [0, 0.1) is 5.92 Å². The minimum atomic E-state index is -0.335. The molecule has 33 heavy (non-hydrogen) atoms. The third-order valence-electron chi connectivity index (χ3n) is 5.69. The van der Waals surface area contributed by atoms with Gasteiger partial charge in [-0.05, 0) is 37.0 Å². The Morgan fingerprint density at radius 1 is 1.12 bits per heavy atom. The molecule has 9 heteroatoms. The Kier molecular flexibility index (Phi) is 7.51. The number of ether oxygens (including phenoxy) is 1. The van der Waals surface area contributed by atoms with Crippen molar-refractivity contribution in [3.63, 3.8) is 0 Å². The number of hydrogen-bond donors (Lipinski definition) is 3. The van der Waals surface area contributed by atoms with E-state index in [1.807, 2.05) is 18.2 Å². The molecule has 2 atom stereocenters. The fraction of sp³-hybridized carbons (Fsp3) is 0.417. The molecule has 0 unspecified atom stereocenters. The summed E-state index contributed by atoms with van der Waals surface area (Å²) in [6.07, 6.45) is 6.32. The molecule has 1 aromatic carbocycles. The molecule has 1 aliphatic rings. The quantitative estimate of drug-likeness (QED) is 0.437. The third kappa shape index (κ3) is 6.27. The van der Waals surface area contributed by atoms with Crippen molar-refractivity contribution in [3.05, 3.63) is 47.2 Å².